The van der Waals surface area contributed by atoms with Gasteiger partial charge >= 0.3 is 5.91 Å². The number of nitrogens with one attached hydrogen (secondary N) is 1. The first-order valence-corrected chi connectivity index (χ1v) is 6.13. The van der Waals surface area contributed by atoms with Crippen LogP contribution in [0.25, 0.3) is 0 Å². The highest BCUT2D eigenvalue weighted by Gasteiger charge is 2.06. The van der Waals surface area contributed by atoms with Crippen LogP contribution in [-0.2, 0) is 11.3 Å². The Kier molecular flexibility index (Phi) is 4.64. The summed E-state index contributed by atoms with van der Waals surface area (Å²) in [5, 5.41) is 4.52. The molecule has 5 heteroatoms. The van der Waals surface area contributed by atoms with Crippen LogP contribution >= 0.6 is 11.6 Å². The van der Waals surface area contributed by atoms with Crippen LogP contribution in [0.1, 0.15) is 5.56 Å². The number of carbonyl (C=O) groups is 1. The SMILES string of the molecule is O=C(C[n+]1ccccc1)N/N=C/c1cccc(Cl)c1. The van der Waals surface area contributed by atoms with Crippen LogP contribution in [0.5, 0.6) is 0 Å². The molecule has 1 amide bonds. The van der Waals surface area contributed by atoms with Crippen molar-refractivity contribution in [2.24, 2.45) is 5.10 Å². The largest absolute Gasteiger partial charge is 0.305 e. The lowest BCUT2D eigenvalue weighted by atomic mass is 10.2. The smallest absolute Gasteiger partial charge is 0.266 e. The van der Waals surface area contributed by atoms with Crippen LogP contribution in [-0.4, -0.2) is 12.1 Å². The van der Waals surface area contributed by atoms with Crippen molar-refractivity contribution in [1.82, 2.24) is 5.43 Å². The van der Waals surface area contributed by atoms with Gasteiger partial charge in [0.1, 0.15) is 0 Å². The molecule has 96 valence electrons. The molecule has 0 spiro atoms. The Bertz CT molecular complexity index is 584. The van der Waals surface area contributed by atoms with Crippen molar-refractivity contribution in [3.05, 3.63) is 65.4 Å². The van der Waals surface area contributed by atoms with Crippen LogP contribution in [0.2, 0.25) is 5.02 Å². The van der Waals surface area contributed by atoms with Crippen molar-refractivity contribution >= 4 is 23.7 Å². The minimum atomic E-state index is -0.186. The maximum absolute atomic E-state index is 11.6. The van der Waals surface area contributed by atoms with Crippen LogP contribution in [0.3, 0.4) is 0 Å². The zero-order chi connectivity index (χ0) is 13.5. The van der Waals surface area contributed by atoms with Crippen molar-refractivity contribution in [3.8, 4) is 0 Å². The zero-order valence-corrected chi connectivity index (χ0v) is 10.9. The molecule has 0 aliphatic heterocycles. The Morgan fingerprint density at radius 1 is 1.26 bits per heavy atom. The first kappa shape index (κ1) is 13.2. The van der Waals surface area contributed by atoms with Gasteiger partial charge in [-0.3, -0.25) is 4.79 Å². The molecule has 0 aliphatic carbocycles. The molecule has 4 nitrogen and oxygen atoms in total. The number of nitrogens with zero attached hydrogens (tertiary/aromatic N) is 2. The fourth-order valence-corrected chi connectivity index (χ4v) is 1.71. The highest BCUT2D eigenvalue weighted by Crippen LogP contribution is 2.08. The molecular weight excluding hydrogens is 262 g/mol. The van der Waals surface area contributed by atoms with E-state index in [0.29, 0.717) is 5.02 Å². The molecule has 0 saturated heterocycles. The summed E-state index contributed by atoms with van der Waals surface area (Å²) in [6.07, 6.45) is 5.19. The summed E-state index contributed by atoms with van der Waals surface area (Å²) in [5.74, 6) is -0.186. The number of benzene rings is 1. The summed E-state index contributed by atoms with van der Waals surface area (Å²) in [4.78, 5) is 11.6. The van der Waals surface area contributed by atoms with Crippen molar-refractivity contribution < 1.29 is 9.36 Å². The monoisotopic (exact) mass is 274 g/mol. The van der Waals surface area contributed by atoms with Gasteiger partial charge in [-0.05, 0) is 17.7 Å². The number of rotatable bonds is 4. The van der Waals surface area contributed by atoms with E-state index >= 15 is 0 Å². The van der Waals surface area contributed by atoms with Gasteiger partial charge in [-0.2, -0.15) is 9.67 Å². The minimum absolute atomic E-state index is 0.186. The van der Waals surface area contributed by atoms with Gasteiger partial charge in [0.25, 0.3) is 0 Å². The maximum Gasteiger partial charge on any atom is 0.305 e. The molecule has 2 aromatic rings. The first-order valence-electron chi connectivity index (χ1n) is 5.75. The second kappa shape index (κ2) is 6.66. The van der Waals surface area contributed by atoms with E-state index in [4.69, 9.17) is 11.6 Å². The normalized spacial score (nSPS) is 10.6. The molecule has 0 unspecified atom stereocenters. The molecule has 1 heterocycles. The molecule has 0 fully saturated rings. The molecule has 0 radical (unpaired) electrons. The van der Waals surface area contributed by atoms with Gasteiger partial charge in [-0.15, -0.1) is 0 Å². The first-order chi connectivity index (χ1) is 9.24. The predicted octanol–water partition coefficient (Wildman–Crippen LogP) is 1.78. The van der Waals surface area contributed by atoms with Crippen molar-refractivity contribution in [1.29, 1.82) is 0 Å². The van der Waals surface area contributed by atoms with E-state index in [0.717, 1.165) is 5.56 Å². The summed E-state index contributed by atoms with van der Waals surface area (Å²) in [6.45, 7) is 0.230. The molecule has 0 atom stereocenters. The molecule has 2 rings (SSSR count). The second-order valence-corrected chi connectivity index (χ2v) is 4.33. The van der Waals surface area contributed by atoms with Crippen LogP contribution in [0, 0.1) is 0 Å². The number of hydrogen-bond donors (Lipinski definition) is 1. The minimum Gasteiger partial charge on any atom is -0.266 e. The van der Waals surface area contributed by atoms with E-state index < -0.39 is 0 Å². The highest BCUT2D eigenvalue weighted by atomic mass is 35.5. The molecule has 0 saturated carbocycles. The third-order valence-corrected chi connectivity index (χ3v) is 2.59. The molecule has 19 heavy (non-hydrogen) atoms. The molecular formula is C14H13ClN3O+. The Morgan fingerprint density at radius 2 is 2.05 bits per heavy atom. The van der Waals surface area contributed by atoms with E-state index in [1.807, 2.05) is 42.7 Å². The summed E-state index contributed by atoms with van der Waals surface area (Å²) in [6, 6.07) is 12.8. The highest BCUT2D eigenvalue weighted by molar-refractivity contribution is 6.30. The number of halogens is 1. The maximum atomic E-state index is 11.6. The number of carbonyl (C=O) groups excluding carboxylic acids is 1. The van der Waals surface area contributed by atoms with Crippen LogP contribution in [0.4, 0.5) is 0 Å². The molecule has 0 bridgehead atoms. The topological polar surface area (TPSA) is 45.3 Å². The zero-order valence-electron chi connectivity index (χ0n) is 10.2. The molecule has 1 aromatic carbocycles. The van der Waals surface area contributed by atoms with Gasteiger partial charge in [0.15, 0.2) is 12.4 Å². The average molecular weight is 275 g/mol. The van der Waals surface area contributed by atoms with Gasteiger partial charge in [-0.1, -0.05) is 29.8 Å². The lowest BCUT2D eigenvalue weighted by Crippen LogP contribution is -2.40. The van der Waals surface area contributed by atoms with Gasteiger partial charge in [0.2, 0.25) is 6.54 Å². The van der Waals surface area contributed by atoms with Gasteiger partial charge < -0.3 is 0 Å². The summed E-state index contributed by atoms with van der Waals surface area (Å²) < 4.78 is 1.77. The standard InChI is InChI=1S/C14H12ClN3O/c15-13-6-4-5-12(9-13)10-16-17-14(19)11-18-7-2-1-3-8-18/h1-10H,11H2/p+1/b16-10+. The number of hydrogen-bond acceptors (Lipinski definition) is 2. The number of hydrazone groups is 1. The summed E-state index contributed by atoms with van der Waals surface area (Å²) in [5.41, 5.74) is 3.30. The third kappa shape index (κ3) is 4.52. The molecule has 0 aliphatic rings. The lowest BCUT2D eigenvalue weighted by Gasteiger charge is -1.97. The number of amides is 1. The Morgan fingerprint density at radius 3 is 2.79 bits per heavy atom. The third-order valence-electron chi connectivity index (χ3n) is 2.36. The average Bonchev–Trinajstić information content (AvgIpc) is 2.40. The molecule has 1 N–H and O–H groups in total. The number of pyridine rings is 1. The Hall–Kier alpha value is -2.20. The van der Waals surface area contributed by atoms with Gasteiger partial charge in [0, 0.05) is 17.2 Å². The summed E-state index contributed by atoms with van der Waals surface area (Å²) >= 11 is 5.84. The van der Waals surface area contributed by atoms with Crippen molar-refractivity contribution in [2.45, 2.75) is 6.54 Å². The van der Waals surface area contributed by atoms with E-state index in [2.05, 4.69) is 10.5 Å². The quantitative estimate of drug-likeness (QED) is 0.516. The van der Waals surface area contributed by atoms with Crippen molar-refractivity contribution in [2.75, 3.05) is 0 Å². The number of aromatic nitrogens is 1. The predicted molar refractivity (Wildman–Crippen MR) is 73.8 cm³/mol. The van der Waals surface area contributed by atoms with Gasteiger partial charge in [-0.25, -0.2) is 5.43 Å². The fraction of sp³-hybridized carbons (Fsp3) is 0.0714. The van der Waals surface area contributed by atoms with Crippen LogP contribution < -0.4 is 9.99 Å². The van der Waals surface area contributed by atoms with E-state index in [1.165, 1.54) is 0 Å². The second-order valence-electron chi connectivity index (χ2n) is 3.90. The van der Waals surface area contributed by atoms with Crippen LogP contribution in [0.15, 0.2) is 60.0 Å². The fourth-order valence-electron chi connectivity index (χ4n) is 1.51. The van der Waals surface area contributed by atoms with E-state index in [-0.39, 0.29) is 12.5 Å². The van der Waals surface area contributed by atoms with E-state index in [1.54, 1.807) is 22.9 Å². The van der Waals surface area contributed by atoms with Crippen molar-refractivity contribution in [3.63, 3.8) is 0 Å². The van der Waals surface area contributed by atoms with E-state index in [9.17, 15) is 4.79 Å². The summed E-state index contributed by atoms with van der Waals surface area (Å²) in [7, 11) is 0. The van der Waals surface area contributed by atoms with Gasteiger partial charge in [0.05, 0.1) is 6.21 Å². The molecule has 1 aromatic heterocycles. The Balaban J connectivity index is 1.87. The Labute approximate surface area is 116 Å². The lowest BCUT2D eigenvalue weighted by molar-refractivity contribution is -0.684.